The van der Waals surface area contributed by atoms with Crippen molar-refractivity contribution in [2.45, 2.75) is 64.1 Å². The zero-order valence-electron chi connectivity index (χ0n) is 20.9. The van der Waals surface area contributed by atoms with Crippen molar-refractivity contribution in [1.82, 2.24) is 20.2 Å². The number of imidazole rings is 1. The van der Waals surface area contributed by atoms with Gasteiger partial charge in [0.2, 0.25) is 0 Å². The summed E-state index contributed by atoms with van der Waals surface area (Å²) < 4.78 is 7.22. The number of benzene rings is 1. The Morgan fingerprint density at radius 3 is 2.69 bits per heavy atom. The predicted octanol–water partition coefficient (Wildman–Crippen LogP) is 1.94. The number of rotatable bonds is 16. The van der Waals surface area contributed by atoms with Gasteiger partial charge in [-0.05, 0) is 44.4 Å². The van der Waals surface area contributed by atoms with Crippen molar-refractivity contribution in [3.63, 3.8) is 0 Å². The van der Waals surface area contributed by atoms with E-state index in [-0.39, 0.29) is 36.2 Å². The van der Waals surface area contributed by atoms with E-state index in [0.717, 1.165) is 24.9 Å². The molecule has 1 aromatic carbocycles. The number of phenolic OH excluding ortho intramolecular Hbond substituents is 1. The zero-order valence-corrected chi connectivity index (χ0v) is 20.9. The first kappa shape index (κ1) is 27.8. The summed E-state index contributed by atoms with van der Waals surface area (Å²) in [7, 11) is 4.91. The van der Waals surface area contributed by atoms with E-state index >= 15 is 0 Å². The van der Waals surface area contributed by atoms with Gasteiger partial charge >= 0.3 is 0 Å². The second kappa shape index (κ2) is 14.8. The van der Waals surface area contributed by atoms with Gasteiger partial charge in [0.05, 0.1) is 19.9 Å². The topological polar surface area (TPSA) is 144 Å². The van der Waals surface area contributed by atoms with E-state index in [9.17, 15) is 14.7 Å². The number of aromatic hydroxyl groups is 1. The fourth-order valence-corrected chi connectivity index (χ4v) is 3.87. The molecule has 1 atom stereocenters. The van der Waals surface area contributed by atoms with Crippen molar-refractivity contribution in [3.05, 3.63) is 42.0 Å². The largest absolute Gasteiger partial charge is 0.504 e. The molecule has 0 saturated heterocycles. The van der Waals surface area contributed by atoms with E-state index in [2.05, 4.69) is 20.6 Å². The van der Waals surface area contributed by atoms with Gasteiger partial charge in [-0.2, -0.15) is 0 Å². The van der Waals surface area contributed by atoms with Gasteiger partial charge < -0.3 is 30.8 Å². The number of carbonyl (C=O) groups excluding carboxylic acids is 2. The number of nitrogens with zero attached hydrogens (tertiary/aromatic N) is 3. The Bertz CT molecular complexity index is 975. The molecule has 0 spiro atoms. The van der Waals surface area contributed by atoms with Gasteiger partial charge in [0.1, 0.15) is 11.6 Å². The first-order valence-corrected chi connectivity index (χ1v) is 11.9. The molecule has 0 aliphatic carbocycles. The molecule has 10 nitrogen and oxygen atoms in total. The maximum absolute atomic E-state index is 12.4. The Hall–Kier alpha value is -3.40. The number of nitrogens with one attached hydrogen (secondary N) is 2. The van der Waals surface area contributed by atoms with Crippen LogP contribution in [0, 0.1) is 0 Å². The standard InChI is InChI=1S/C25H38N6O4/c1-27-16-19-13-18(14-23(35-3)24(19)34)7-8-22(33)15-21(32)6-4-5-20(30-25(26)28-2)9-11-31-12-10-29-17-31/h10,12-14,17,20,27,34H,4-9,11,15-16H2,1-3H3,(H3,26,28,30). The van der Waals surface area contributed by atoms with Gasteiger partial charge in [0.15, 0.2) is 17.5 Å². The Morgan fingerprint density at radius 1 is 1.26 bits per heavy atom. The highest BCUT2D eigenvalue weighted by molar-refractivity contribution is 5.99. The number of Topliss-reactive ketones (excluding diaryl/α,β-unsaturated/α-hetero) is 2. The molecule has 5 N–H and O–H groups in total. The summed E-state index contributed by atoms with van der Waals surface area (Å²) in [5.41, 5.74) is 7.42. The number of aliphatic imine (C=N–C) groups is 1. The molecule has 35 heavy (non-hydrogen) atoms. The van der Waals surface area contributed by atoms with Gasteiger partial charge in [-0.1, -0.05) is 6.07 Å². The van der Waals surface area contributed by atoms with Crippen LogP contribution in [0.15, 0.2) is 35.8 Å². The molecule has 2 aromatic rings. The van der Waals surface area contributed by atoms with Crippen LogP contribution < -0.4 is 21.1 Å². The summed E-state index contributed by atoms with van der Waals surface area (Å²) in [6, 6.07) is 3.65. The molecule has 0 aliphatic rings. The smallest absolute Gasteiger partial charge is 0.188 e. The summed E-state index contributed by atoms with van der Waals surface area (Å²) in [5, 5.41) is 16.4. The predicted molar refractivity (Wildman–Crippen MR) is 136 cm³/mol. The maximum Gasteiger partial charge on any atom is 0.188 e. The van der Waals surface area contributed by atoms with Crippen LogP contribution in [-0.4, -0.2) is 59.4 Å². The third-order valence-electron chi connectivity index (χ3n) is 5.78. The summed E-state index contributed by atoms with van der Waals surface area (Å²) in [6.07, 6.45) is 8.64. The number of ketones is 2. The van der Waals surface area contributed by atoms with Crippen LogP contribution in [0.2, 0.25) is 0 Å². The van der Waals surface area contributed by atoms with Crippen molar-refractivity contribution in [1.29, 1.82) is 0 Å². The SMILES string of the molecule is CN=C(N)NC(CCCC(=O)CC(=O)CCc1cc(CNC)c(O)c(OC)c1)CCn1ccnc1. The zero-order chi connectivity index (χ0) is 25.6. The molecule has 1 unspecified atom stereocenters. The molecule has 0 aliphatic heterocycles. The number of phenols is 1. The van der Waals surface area contributed by atoms with Gasteiger partial charge in [-0.25, -0.2) is 4.98 Å². The van der Waals surface area contributed by atoms with Gasteiger partial charge in [0.25, 0.3) is 0 Å². The highest BCUT2D eigenvalue weighted by Crippen LogP contribution is 2.32. The summed E-state index contributed by atoms with van der Waals surface area (Å²) in [6.45, 7) is 1.26. The number of ether oxygens (including phenoxy) is 1. The second-order valence-corrected chi connectivity index (χ2v) is 8.52. The van der Waals surface area contributed by atoms with Gasteiger partial charge in [-0.3, -0.25) is 14.6 Å². The highest BCUT2D eigenvalue weighted by Gasteiger charge is 2.15. The Morgan fingerprint density at radius 2 is 2.03 bits per heavy atom. The number of hydrogen-bond donors (Lipinski definition) is 4. The number of aryl methyl sites for hydroxylation is 2. The van der Waals surface area contributed by atoms with Crippen LogP contribution >= 0.6 is 0 Å². The Balaban J connectivity index is 1.79. The summed E-state index contributed by atoms with van der Waals surface area (Å²) in [4.78, 5) is 32.8. The molecular weight excluding hydrogens is 448 g/mol. The van der Waals surface area contributed by atoms with E-state index in [1.807, 2.05) is 16.8 Å². The fraction of sp³-hybridized carbons (Fsp3) is 0.520. The molecule has 1 heterocycles. The number of hydrogen-bond acceptors (Lipinski definition) is 7. The summed E-state index contributed by atoms with van der Waals surface area (Å²) >= 11 is 0. The van der Waals surface area contributed by atoms with Gasteiger partial charge in [-0.15, -0.1) is 0 Å². The molecular formula is C25H38N6O4. The third-order valence-corrected chi connectivity index (χ3v) is 5.78. The minimum Gasteiger partial charge on any atom is -0.504 e. The van der Waals surface area contributed by atoms with Crippen molar-refractivity contribution < 1.29 is 19.4 Å². The van der Waals surface area contributed by atoms with E-state index in [0.29, 0.717) is 43.1 Å². The van der Waals surface area contributed by atoms with Crippen LogP contribution in [0.5, 0.6) is 11.5 Å². The molecule has 10 heteroatoms. The first-order chi connectivity index (χ1) is 16.9. The van der Waals surface area contributed by atoms with Crippen LogP contribution in [0.4, 0.5) is 0 Å². The fourth-order valence-electron chi connectivity index (χ4n) is 3.87. The lowest BCUT2D eigenvalue weighted by Crippen LogP contribution is -2.40. The van der Waals surface area contributed by atoms with Crippen molar-refractivity contribution >= 4 is 17.5 Å². The minimum atomic E-state index is -0.0886. The van der Waals surface area contributed by atoms with Crippen LogP contribution in [-0.2, 0) is 29.1 Å². The molecule has 0 radical (unpaired) electrons. The molecule has 0 bridgehead atoms. The van der Waals surface area contributed by atoms with Crippen molar-refractivity contribution in [2.24, 2.45) is 10.7 Å². The Labute approximate surface area is 207 Å². The van der Waals surface area contributed by atoms with Crippen LogP contribution in [0.3, 0.4) is 0 Å². The van der Waals surface area contributed by atoms with Crippen LogP contribution in [0.25, 0.3) is 0 Å². The Kier molecular flexibility index (Phi) is 11.8. The number of aromatic nitrogens is 2. The van der Waals surface area contributed by atoms with Gasteiger partial charge in [0, 0.05) is 57.0 Å². The average Bonchev–Trinajstić information content (AvgIpc) is 3.36. The number of methoxy groups -OCH3 is 1. The summed E-state index contributed by atoms with van der Waals surface area (Å²) in [5.74, 6) is 0.693. The second-order valence-electron chi connectivity index (χ2n) is 8.52. The quantitative estimate of drug-likeness (QED) is 0.160. The van der Waals surface area contributed by atoms with Crippen molar-refractivity contribution in [3.8, 4) is 11.5 Å². The lowest BCUT2D eigenvalue weighted by atomic mass is 9.99. The normalized spacial score (nSPS) is 12.4. The van der Waals surface area contributed by atoms with E-state index in [1.165, 1.54) is 7.11 Å². The maximum atomic E-state index is 12.4. The molecule has 192 valence electrons. The van der Waals surface area contributed by atoms with E-state index in [4.69, 9.17) is 10.5 Å². The highest BCUT2D eigenvalue weighted by atomic mass is 16.5. The minimum absolute atomic E-state index is 0.0559. The molecule has 0 amide bonds. The number of carbonyl (C=O) groups is 2. The lowest BCUT2D eigenvalue weighted by Gasteiger charge is -2.19. The molecule has 1 aromatic heterocycles. The van der Waals surface area contributed by atoms with Crippen LogP contribution in [0.1, 0.15) is 49.7 Å². The van der Waals surface area contributed by atoms with Crippen molar-refractivity contribution in [2.75, 3.05) is 21.2 Å². The first-order valence-electron chi connectivity index (χ1n) is 11.9. The lowest BCUT2D eigenvalue weighted by molar-refractivity contribution is -0.127. The van der Waals surface area contributed by atoms with E-state index in [1.54, 1.807) is 32.7 Å². The monoisotopic (exact) mass is 486 g/mol. The third kappa shape index (κ3) is 9.78. The average molecular weight is 487 g/mol. The molecule has 2 rings (SSSR count). The van der Waals surface area contributed by atoms with E-state index < -0.39 is 0 Å². The molecule has 0 saturated carbocycles. The number of guanidine groups is 1. The molecule has 0 fully saturated rings. The number of nitrogens with two attached hydrogens (primary N) is 1.